The van der Waals surface area contributed by atoms with Crippen LogP contribution in [0.5, 0.6) is 11.5 Å². The lowest BCUT2D eigenvalue weighted by Crippen LogP contribution is -2.51. The average Bonchev–Trinajstić information content (AvgIpc) is 2.89. The minimum absolute atomic E-state index is 0.0189. The summed E-state index contributed by atoms with van der Waals surface area (Å²) in [5, 5.41) is 11.9. The number of nitrogens with zero attached hydrogens (tertiary/aromatic N) is 3. The van der Waals surface area contributed by atoms with Gasteiger partial charge in [-0.3, -0.25) is 4.90 Å². The van der Waals surface area contributed by atoms with Crippen molar-refractivity contribution in [2.45, 2.75) is 18.5 Å². The second-order valence-electron chi connectivity index (χ2n) is 6.15. The first-order valence-corrected chi connectivity index (χ1v) is 8.09. The Bertz CT molecular complexity index is 658. The lowest BCUT2D eigenvalue weighted by molar-refractivity contribution is 0.133. The molecule has 2 aliphatic rings. The number of methoxy groups -OCH3 is 1. The lowest BCUT2D eigenvalue weighted by atomic mass is 10.0. The summed E-state index contributed by atoms with van der Waals surface area (Å²) in [6.07, 6.45) is 0.972. The van der Waals surface area contributed by atoms with E-state index in [0.717, 1.165) is 26.1 Å². The largest absolute Gasteiger partial charge is 0.493 e. The van der Waals surface area contributed by atoms with E-state index < -0.39 is 0 Å². The Morgan fingerprint density at radius 1 is 1.42 bits per heavy atom. The Labute approximate surface area is 141 Å². The van der Waals surface area contributed by atoms with Crippen molar-refractivity contribution in [3.05, 3.63) is 23.8 Å². The Balaban J connectivity index is 1.51. The summed E-state index contributed by atoms with van der Waals surface area (Å²) in [6.45, 7) is 3.11. The van der Waals surface area contributed by atoms with Gasteiger partial charge in [-0.1, -0.05) is 0 Å². The van der Waals surface area contributed by atoms with Crippen LogP contribution in [-0.2, 0) is 0 Å². The number of hydrogen-bond acceptors (Lipinski definition) is 5. The number of piperidine rings is 1. The van der Waals surface area contributed by atoms with Crippen molar-refractivity contribution in [2.24, 2.45) is 0 Å². The maximum absolute atomic E-state index is 11.7. The highest BCUT2D eigenvalue weighted by Crippen LogP contribution is 2.28. The molecule has 1 N–H and O–H groups in total. The minimum Gasteiger partial charge on any atom is -0.493 e. The van der Waals surface area contributed by atoms with E-state index in [0.29, 0.717) is 29.7 Å². The highest BCUT2D eigenvalue weighted by atomic mass is 16.5. The van der Waals surface area contributed by atoms with Crippen LogP contribution in [0.15, 0.2) is 18.2 Å². The molecule has 0 unspecified atom stereocenters. The summed E-state index contributed by atoms with van der Waals surface area (Å²) in [5.74, 6) is 1.21. The van der Waals surface area contributed by atoms with Crippen LogP contribution in [0, 0.1) is 11.3 Å². The van der Waals surface area contributed by atoms with Gasteiger partial charge in [0, 0.05) is 32.7 Å². The number of carbonyl (C=O) groups is 1. The quantitative estimate of drug-likeness (QED) is 0.873. The van der Waals surface area contributed by atoms with Crippen molar-refractivity contribution < 1.29 is 14.3 Å². The molecule has 2 saturated heterocycles. The molecule has 0 spiro atoms. The highest BCUT2D eigenvalue weighted by Gasteiger charge is 2.40. The number of fused-ring (bicyclic) bond motifs is 1. The summed E-state index contributed by atoms with van der Waals surface area (Å²) in [6, 6.07) is 7.74. The summed E-state index contributed by atoms with van der Waals surface area (Å²) in [5.41, 5.74) is 0.544. The zero-order valence-electron chi connectivity index (χ0n) is 14.0. The first-order chi connectivity index (χ1) is 11.6. The van der Waals surface area contributed by atoms with Gasteiger partial charge >= 0.3 is 6.03 Å². The van der Waals surface area contributed by atoms with E-state index in [-0.39, 0.29) is 12.1 Å². The van der Waals surface area contributed by atoms with Gasteiger partial charge in [-0.2, -0.15) is 5.26 Å². The number of hydrogen-bond donors (Lipinski definition) is 1. The molecule has 2 heterocycles. The summed E-state index contributed by atoms with van der Waals surface area (Å²) >= 11 is 0. The molecule has 0 radical (unpaired) electrons. The average molecular weight is 330 g/mol. The van der Waals surface area contributed by atoms with E-state index >= 15 is 0 Å². The third kappa shape index (κ3) is 3.24. The number of carbonyl (C=O) groups excluding carboxylic acids is 1. The summed E-state index contributed by atoms with van der Waals surface area (Å²) in [7, 11) is 3.42. The molecule has 2 atom stereocenters. The van der Waals surface area contributed by atoms with Gasteiger partial charge in [0.15, 0.2) is 11.5 Å². The van der Waals surface area contributed by atoms with E-state index in [4.69, 9.17) is 14.7 Å². The number of ether oxygens (including phenoxy) is 2. The highest BCUT2D eigenvalue weighted by molar-refractivity contribution is 5.77. The van der Waals surface area contributed by atoms with Gasteiger partial charge in [-0.05, 0) is 18.6 Å². The number of likely N-dealkylation sites (N-methyl/N-ethyl adjacent to an activating group) is 1. The number of rotatable bonds is 5. The molecule has 2 aliphatic heterocycles. The van der Waals surface area contributed by atoms with E-state index in [1.54, 1.807) is 30.2 Å². The fourth-order valence-electron chi connectivity index (χ4n) is 3.37. The zero-order valence-corrected chi connectivity index (χ0v) is 14.0. The first kappa shape index (κ1) is 16.4. The summed E-state index contributed by atoms with van der Waals surface area (Å²) in [4.78, 5) is 15.8. The second kappa shape index (κ2) is 6.97. The molecule has 7 nitrogen and oxygen atoms in total. The van der Waals surface area contributed by atoms with Gasteiger partial charge in [-0.25, -0.2) is 4.79 Å². The smallest absolute Gasteiger partial charge is 0.317 e. The van der Waals surface area contributed by atoms with Gasteiger partial charge in [0.05, 0.1) is 30.8 Å². The number of nitriles is 1. The van der Waals surface area contributed by atoms with Gasteiger partial charge < -0.3 is 19.7 Å². The molecule has 0 aliphatic carbocycles. The molecule has 7 heteroatoms. The lowest BCUT2D eigenvalue weighted by Gasteiger charge is -2.35. The zero-order chi connectivity index (χ0) is 17.1. The van der Waals surface area contributed by atoms with Gasteiger partial charge in [0.25, 0.3) is 0 Å². The predicted molar refractivity (Wildman–Crippen MR) is 88.1 cm³/mol. The molecule has 2 amide bonds. The molecule has 0 saturated carbocycles. The monoisotopic (exact) mass is 330 g/mol. The maximum atomic E-state index is 11.7. The Hall–Kier alpha value is -2.46. The maximum Gasteiger partial charge on any atom is 0.317 e. The Morgan fingerprint density at radius 3 is 3.00 bits per heavy atom. The molecule has 3 rings (SSSR count). The first-order valence-electron chi connectivity index (χ1n) is 8.09. The summed E-state index contributed by atoms with van der Waals surface area (Å²) < 4.78 is 11.1. The van der Waals surface area contributed by atoms with Crippen LogP contribution in [-0.4, -0.2) is 68.3 Å². The number of nitrogens with one attached hydrogen (secondary N) is 1. The predicted octanol–water partition coefficient (Wildman–Crippen LogP) is 1.04. The normalized spacial score (nSPS) is 23.4. The van der Waals surface area contributed by atoms with Crippen LogP contribution in [0.4, 0.5) is 4.79 Å². The van der Waals surface area contributed by atoms with Crippen molar-refractivity contribution in [1.29, 1.82) is 5.26 Å². The van der Waals surface area contributed by atoms with Crippen molar-refractivity contribution in [1.82, 2.24) is 15.1 Å². The van der Waals surface area contributed by atoms with Crippen molar-refractivity contribution in [2.75, 3.05) is 40.4 Å². The number of amides is 2. The molecule has 1 aromatic rings. The molecule has 24 heavy (non-hydrogen) atoms. The Kier molecular flexibility index (Phi) is 4.76. The SMILES string of the molecule is COc1cc(C#N)ccc1OCCN1CC[C@@H]2[C@H](C1)NC(=O)N2C. The van der Waals surface area contributed by atoms with Gasteiger partial charge in [0.2, 0.25) is 0 Å². The molecule has 1 aromatic carbocycles. The van der Waals surface area contributed by atoms with Crippen molar-refractivity contribution in [3.63, 3.8) is 0 Å². The fourth-order valence-corrected chi connectivity index (χ4v) is 3.37. The third-order valence-electron chi connectivity index (χ3n) is 4.74. The standard InChI is InChI=1S/C17H22N4O3/c1-20-14-5-6-21(11-13(14)19-17(20)22)7-8-24-15-4-3-12(10-18)9-16(15)23-2/h3-4,9,13-14H,5-8,11H2,1-2H3,(H,19,22)/t13-,14+/m0/s1. The van der Waals surface area contributed by atoms with Crippen LogP contribution in [0.3, 0.4) is 0 Å². The number of benzene rings is 1. The third-order valence-corrected chi connectivity index (χ3v) is 4.74. The van der Waals surface area contributed by atoms with Crippen LogP contribution in [0.2, 0.25) is 0 Å². The topological polar surface area (TPSA) is 77.8 Å². The molecular formula is C17H22N4O3. The van der Waals surface area contributed by atoms with Crippen molar-refractivity contribution >= 4 is 6.03 Å². The fraction of sp³-hybridized carbons (Fsp3) is 0.529. The molecule has 0 aromatic heterocycles. The molecular weight excluding hydrogens is 308 g/mol. The van der Waals surface area contributed by atoms with Gasteiger partial charge in [0.1, 0.15) is 6.61 Å². The van der Waals surface area contributed by atoms with Crippen LogP contribution in [0.1, 0.15) is 12.0 Å². The molecule has 2 fully saturated rings. The van der Waals surface area contributed by atoms with E-state index in [1.807, 2.05) is 7.05 Å². The minimum atomic E-state index is 0.0189. The van der Waals surface area contributed by atoms with Gasteiger partial charge in [-0.15, -0.1) is 0 Å². The molecule has 128 valence electrons. The van der Waals surface area contributed by atoms with Crippen LogP contribution >= 0.6 is 0 Å². The molecule has 0 bridgehead atoms. The van der Waals surface area contributed by atoms with Crippen molar-refractivity contribution in [3.8, 4) is 17.6 Å². The van der Waals surface area contributed by atoms with Crippen LogP contribution in [0.25, 0.3) is 0 Å². The van der Waals surface area contributed by atoms with Crippen LogP contribution < -0.4 is 14.8 Å². The number of urea groups is 1. The van der Waals surface area contributed by atoms with E-state index in [9.17, 15) is 4.79 Å². The second-order valence-corrected chi connectivity index (χ2v) is 6.15. The van der Waals surface area contributed by atoms with E-state index in [1.165, 1.54) is 0 Å². The Morgan fingerprint density at radius 2 is 2.25 bits per heavy atom. The van der Waals surface area contributed by atoms with E-state index in [2.05, 4.69) is 16.3 Å². The number of likely N-dealkylation sites (tertiary alicyclic amines) is 1.